The van der Waals surface area contributed by atoms with Crippen LogP contribution in [-0.4, -0.2) is 14.5 Å². The van der Waals surface area contributed by atoms with Crippen LogP contribution in [0.3, 0.4) is 0 Å². The zero-order chi connectivity index (χ0) is 15.6. The molecule has 3 nitrogen and oxygen atoms in total. The van der Waals surface area contributed by atoms with E-state index in [9.17, 15) is 8.42 Å². The van der Waals surface area contributed by atoms with Gasteiger partial charge in [0.1, 0.15) is 0 Å². The summed E-state index contributed by atoms with van der Waals surface area (Å²) in [4.78, 5) is 0. The number of aryl methyl sites for hydroxylation is 1. The van der Waals surface area contributed by atoms with E-state index in [1.165, 1.54) is 5.41 Å². The lowest BCUT2D eigenvalue weighted by atomic mass is 9.99. The molecule has 0 unspecified atom stereocenters. The van der Waals surface area contributed by atoms with Crippen molar-refractivity contribution in [2.45, 2.75) is 25.8 Å². The Kier molecular flexibility index (Phi) is 4.03. The fraction of sp³-hybridized carbons (Fsp3) is 0.222. The summed E-state index contributed by atoms with van der Waals surface area (Å²) in [5, 5.41) is 1.31. The molecule has 0 aromatic heterocycles. The van der Waals surface area contributed by atoms with Crippen molar-refractivity contribution in [3.8, 4) is 0 Å². The van der Waals surface area contributed by atoms with Crippen LogP contribution in [0.1, 0.15) is 24.5 Å². The van der Waals surface area contributed by atoms with Gasteiger partial charge in [0.15, 0.2) is 0 Å². The third-order valence-electron chi connectivity index (χ3n) is 3.97. The zero-order valence-electron chi connectivity index (χ0n) is 12.5. The minimum absolute atomic E-state index is 0.0275. The van der Waals surface area contributed by atoms with Gasteiger partial charge in [-0.05, 0) is 43.0 Å². The maximum atomic E-state index is 12.8. The molecule has 0 spiro atoms. The molecule has 114 valence electrons. The van der Waals surface area contributed by atoms with Gasteiger partial charge in [0.2, 0.25) is 0 Å². The summed E-state index contributed by atoms with van der Waals surface area (Å²) in [7, 11) is -3.49. The van der Waals surface area contributed by atoms with Crippen molar-refractivity contribution < 1.29 is 8.42 Å². The minimum Gasteiger partial charge on any atom is -0.264 e. The number of hydrogen-bond acceptors (Lipinski definition) is 2. The molecular formula is C18H19NO2S. The number of rotatable bonds is 3. The molecule has 1 heterocycles. The van der Waals surface area contributed by atoms with E-state index >= 15 is 0 Å². The van der Waals surface area contributed by atoms with Gasteiger partial charge in [0.25, 0.3) is 10.0 Å². The topological polar surface area (TPSA) is 37.4 Å². The molecule has 0 N–H and O–H groups in total. The van der Waals surface area contributed by atoms with Gasteiger partial charge in [-0.25, -0.2) is 8.42 Å². The lowest BCUT2D eigenvalue weighted by Crippen LogP contribution is -2.40. The van der Waals surface area contributed by atoms with Crippen LogP contribution in [0.5, 0.6) is 0 Å². The Morgan fingerprint density at radius 3 is 2.50 bits per heavy atom. The van der Waals surface area contributed by atoms with E-state index in [1.807, 2.05) is 61.5 Å². The average molecular weight is 313 g/mol. The highest BCUT2D eigenvalue weighted by Crippen LogP contribution is 2.33. The van der Waals surface area contributed by atoms with Crippen molar-refractivity contribution in [2.24, 2.45) is 0 Å². The second-order valence-corrected chi connectivity index (χ2v) is 7.27. The molecule has 3 rings (SSSR count). The molecule has 1 aliphatic heterocycles. The zero-order valence-corrected chi connectivity index (χ0v) is 13.3. The van der Waals surface area contributed by atoms with Crippen LogP contribution in [0.2, 0.25) is 0 Å². The Labute approximate surface area is 132 Å². The number of hydrogen-bond donors (Lipinski definition) is 0. The van der Waals surface area contributed by atoms with Crippen molar-refractivity contribution in [1.82, 2.24) is 0 Å². The van der Waals surface area contributed by atoms with Gasteiger partial charge in [0.05, 0.1) is 11.1 Å². The van der Waals surface area contributed by atoms with Crippen LogP contribution in [0, 0.1) is 0 Å². The molecule has 0 bridgehead atoms. The number of nitrogens with zero attached hydrogens (tertiary/aromatic N) is 1. The molecule has 4 heteroatoms. The largest absolute Gasteiger partial charge is 0.264 e. The Balaban J connectivity index is 1.97. The molecule has 0 aliphatic carbocycles. The van der Waals surface area contributed by atoms with Gasteiger partial charge < -0.3 is 0 Å². The van der Waals surface area contributed by atoms with Crippen molar-refractivity contribution in [2.75, 3.05) is 4.31 Å². The molecule has 2 aromatic rings. The maximum absolute atomic E-state index is 12.8. The average Bonchev–Trinajstić information content (AvgIpc) is 2.53. The van der Waals surface area contributed by atoms with Crippen LogP contribution in [0.4, 0.5) is 5.69 Å². The summed E-state index contributed by atoms with van der Waals surface area (Å²) in [6.45, 7) is 1.96. The van der Waals surface area contributed by atoms with Crippen molar-refractivity contribution in [3.05, 3.63) is 71.1 Å². The van der Waals surface area contributed by atoms with Crippen LogP contribution in [0.25, 0.3) is 6.08 Å². The molecule has 1 atom stereocenters. The van der Waals surface area contributed by atoms with Crippen molar-refractivity contribution in [1.29, 1.82) is 0 Å². The first-order chi connectivity index (χ1) is 10.6. The fourth-order valence-electron chi connectivity index (χ4n) is 2.84. The number of anilines is 1. The molecule has 2 aromatic carbocycles. The first kappa shape index (κ1) is 14.9. The van der Waals surface area contributed by atoms with Crippen LogP contribution in [0.15, 0.2) is 60.0 Å². The molecule has 0 radical (unpaired) electrons. The van der Waals surface area contributed by atoms with Gasteiger partial charge >= 0.3 is 0 Å². The van der Waals surface area contributed by atoms with E-state index in [4.69, 9.17) is 0 Å². The third-order valence-corrected chi connectivity index (χ3v) is 5.55. The van der Waals surface area contributed by atoms with E-state index in [0.717, 1.165) is 29.7 Å². The van der Waals surface area contributed by atoms with Crippen molar-refractivity contribution >= 4 is 21.8 Å². The molecule has 0 saturated heterocycles. The Morgan fingerprint density at radius 1 is 1.05 bits per heavy atom. The summed E-state index contributed by atoms with van der Waals surface area (Å²) in [5.74, 6) is 0. The lowest BCUT2D eigenvalue weighted by Gasteiger charge is -2.35. The van der Waals surface area contributed by atoms with E-state index in [0.29, 0.717) is 0 Å². The quantitative estimate of drug-likeness (QED) is 0.863. The normalized spacial score (nSPS) is 18.4. The van der Waals surface area contributed by atoms with E-state index in [2.05, 4.69) is 0 Å². The van der Waals surface area contributed by atoms with Crippen molar-refractivity contribution in [3.63, 3.8) is 0 Å². The summed E-state index contributed by atoms with van der Waals surface area (Å²) in [6, 6.07) is 17.2. The summed E-state index contributed by atoms with van der Waals surface area (Å²) < 4.78 is 27.1. The maximum Gasteiger partial charge on any atom is 0.257 e. The monoisotopic (exact) mass is 313 g/mol. The number of fused-ring (bicyclic) bond motifs is 1. The molecule has 22 heavy (non-hydrogen) atoms. The fourth-order valence-corrected chi connectivity index (χ4v) is 4.36. The summed E-state index contributed by atoms with van der Waals surface area (Å²) >= 11 is 0. The Bertz CT molecular complexity index is 782. The van der Waals surface area contributed by atoms with E-state index in [1.54, 1.807) is 10.4 Å². The van der Waals surface area contributed by atoms with Gasteiger partial charge in [-0.1, -0.05) is 48.5 Å². The molecule has 1 aliphatic rings. The number of sulfonamides is 1. The summed E-state index contributed by atoms with van der Waals surface area (Å²) in [5.41, 5.74) is 2.78. The van der Waals surface area contributed by atoms with Gasteiger partial charge in [0, 0.05) is 6.04 Å². The Hall–Kier alpha value is -2.07. The second-order valence-electron chi connectivity index (χ2n) is 5.57. The molecule has 0 fully saturated rings. The smallest absolute Gasteiger partial charge is 0.257 e. The standard InChI is InChI=1S/C18H19NO2S/c1-15-11-12-17-9-5-6-10-18(17)19(15)22(20,21)14-13-16-7-3-2-4-8-16/h2-10,13-15H,11-12H2,1H3/b14-13+/t15-/m0/s1. The predicted octanol–water partition coefficient (Wildman–Crippen LogP) is 3.83. The first-order valence-electron chi connectivity index (χ1n) is 7.43. The second kappa shape index (κ2) is 5.97. The number of benzene rings is 2. The molecular weight excluding hydrogens is 294 g/mol. The number of para-hydroxylation sites is 1. The van der Waals surface area contributed by atoms with Gasteiger partial charge in [-0.15, -0.1) is 0 Å². The van der Waals surface area contributed by atoms with Crippen LogP contribution in [-0.2, 0) is 16.4 Å². The highest BCUT2D eigenvalue weighted by molar-refractivity contribution is 7.95. The SMILES string of the molecule is C[C@H]1CCc2ccccc2N1S(=O)(=O)/C=C/c1ccccc1. The van der Waals surface area contributed by atoms with Gasteiger partial charge in [-0.3, -0.25) is 4.31 Å². The molecule has 0 saturated carbocycles. The highest BCUT2D eigenvalue weighted by Gasteiger charge is 2.30. The van der Waals surface area contributed by atoms with Crippen LogP contribution >= 0.6 is 0 Å². The highest BCUT2D eigenvalue weighted by atomic mass is 32.2. The minimum atomic E-state index is -3.49. The third kappa shape index (κ3) is 2.92. The van der Waals surface area contributed by atoms with E-state index in [-0.39, 0.29) is 6.04 Å². The van der Waals surface area contributed by atoms with E-state index < -0.39 is 10.0 Å². The van der Waals surface area contributed by atoms with Crippen LogP contribution < -0.4 is 4.31 Å². The lowest BCUT2D eigenvalue weighted by molar-refractivity contribution is 0.571. The van der Waals surface area contributed by atoms with Gasteiger partial charge in [-0.2, -0.15) is 0 Å². The summed E-state index contributed by atoms with van der Waals surface area (Å²) in [6.07, 6.45) is 3.42. The first-order valence-corrected chi connectivity index (χ1v) is 8.94. The predicted molar refractivity (Wildman–Crippen MR) is 91.1 cm³/mol. The Morgan fingerprint density at radius 2 is 1.73 bits per heavy atom. The molecule has 0 amide bonds.